The third-order valence-electron chi connectivity index (χ3n) is 4.64. The fraction of sp³-hybridized carbons (Fsp3) is 0.435. The van der Waals surface area contributed by atoms with Gasteiger partial charge >= 0.3 is 0 Å². The van der Waals surface area contributed by atoms with Gasteiger partial charge in [-0.15, -0.1) is 0 Å². The van der Waals surface area contributed by atoms with E-state index >= 15 is 0 Å². The van der Waals surface area contributed by atoms with E-state index in [0.29, 0.717) is 29.5 Å². The van der Waals surface area contributed by atoms with Crippen molar-refractivity contribution in [2.75, 3.05) is 5.32 Å². The van der Waals surface area contributed by atoms with E-state index in [9.17, 15) is 9.18 Å². The Morgan fingerprint density at radius 3 is 2.50 bits per heavy atom. The molecule has 2 heterocycles. The van der Waals surface area contributed by atoms with Crippen molar-refractivity contribution < 1.29 is 13.6 Å². The molecule has 0 aliphatic heterocycles. The van der Waals surface area contributed by atoms with Crippen molar-refractivity contribution in [3.8, 4) is 11.3 Å². The predicted molar refractivity (Wildman–Crippen MR) is 115 cm³/mol. The molecule has 0 saturated carbocycles. The van der Waals surface area contributed by atoms with Gasteiger partial charge in [-0.05, 0) is 32.9 Å². The fourth-order valence-corrected chi connectivity index (χ4v) is 2.99. The minimum Gasteiger partial charge on any atom is -0.441 e. The van der Waals surface area contributed by atoms with Crippen LogP contribution in [0.15, 0.2) is 40.9 Å². The first-order valence-electron chi connectivity index (χ1n) is 10.1. The Bertz CT molecular complexity index is 1040. The first-order valence-corrected chi connectivity index (χ1v) is 10.1. The number of nitrogens with zero attached hydrogens (tertiary/aromatic N) is 3. The molecule has 2 aromatic heterocycles. The summed E-state index contributed by atoms with van der Waals surface area (Å²) in [5.74, 6) is 0.874. The summed E-state index contributed by atoms with van der Waals surface area (Å²) < 4.78 is 21.4. The monoisotopic (exact) mass is 412 g/mol. The van der Waals surface area contributed by atoms with Crippen molar-refractivity contribution in [3.05, 3.63) is 53.9 Å². The number of halogens is 1. The highest BCUT2D eigenvalue weighted by Gasteiger charge is 2.25. The summed E-state index contributed by atoms with van der Waals surface area (Å²) in [5, 5.41) is 7.66. The van der Waals surface area contributed by atoms with Gasteiger partial charge in [-0.3, -0.25) is 4.79 Å². The van der Waals surface area contributed by atoms with Gasteiger partial charge in [0.2, 0.25) is 5.91 Å². The lowest BCUT2D eigenvalue weighted by Crippen LogP contribution is -2.27. The van der Waals surface area contributed by atoms with Gasteiger partial charge in [-0.25, -0.2) is 14.1 Å². The quantitative estimate of drug-likeness (QED) is 0.617. The maximum atomic E-state index is 13.9. The first-order chi connectivity index (χ1) is 13.9. The average Bonchev–Trinajstić information content (AvgIpc) is 3.27. The average molecular weight is 413 g/mol. The number of hydrogen-bond acceptors (Lipinski definition) is 4. The van der Waals surface area contributed by atoms with E-state index in [-0.39, 0.29) is 29.1 Å². The molecule has 0 bridgehead atoms. The molecule has 1 amide bonds. The summed E-state index contributed by atoms with van der Waals surface area (Å²) in [6, 6.07) is 8.28. The van der Waals surface area contributed by atoms with E-state index in [2.05, 4.69) is 31.1 Å². The number of oxazole rings is 1. The summed E-state index contributed by atoms with van der Waals surface area (Å²) in [7, 11) is 0. The van der Waals surface area contributed by atoms with Crippen molar-refractivity contribution in [3.63, 3.8) is 0 Å². The van der Waals surface area contributed by atoms with Crippen molar-refractivity contribution >= 4 is 11.7 Å². The molecule has 0 fully saturated rings. The Kier molecular flexibility index (Phi) is 5.83. The van der Waals surface area contributed by atoms with Gasteiger partial charge in [-0.1, -0.05) is 32.9 Å². The number of rotatable bonds is 5. The number of amides is 1. The van der Waals surface area contributed by atoms with Crippen LogP contribution in [0.4, 0.5) is 10.2 Å². The Labute approximate surface area is 176 Å². The molecule has 160 valence electrons. The number of carbonyl (C=O) groups excluding carboxylic acids is 1. The summed E-state index contributed by atoms with van der Waals surface area (Å²) in [5.41, 5.74) is 0.861. The van der Waals surface area contributed by atoms with Gasteiger partial charge in [0.1, 0.15) is 11.6 Å². The highest BCUT2D eigenvalue weighted by molar-refractivity contribution is 5.90. The zero-order chi connectivity index (χ0) is 22.1. The third kappa shape index (κ3) is 4.96. The lowest BCUT2D eigenvalue weighted by Gasteiger charge is -2.23. The predicted octanol–water partition coefficient (Wildman–Crippen LogP) is 5.30. The number of hydrogen-bond donors (Lipinski definition) is 1. The lowest BCUT2D eigenvalue weighted by atomic mass is 9.92. The number of benzene rings is 1. The molecule has 0 radical (unpaired) electrons. The number of carbonyl (C=O) groups is 1. The van der Waals surface area contributed by atoms with Crippen LogP contribution in [-0.4, -0.2) is 20.7 Å². The van der Waals surface area contributed by atoms with Crippen LogP contribution in [0, 0.1) is 5.82 Å². The highest BCUT2D eigenvalue weighted by Crippen LogP contribution is 2.28. The van der Waals surface area contributed by atoms with Crippen molar-refractivity contribution in [2.24, 2.45) is 0 Å². The van der Waals surface area contributed by atoms with Crippen LogP contribution in [-0.2, 0) is 22.2 Å². The Morgan fingerprint density at radius 2 is 1.87 bits per heavy atom. The Hall–Kier alpha value is -2.96. The summed E-state index contributed by atoms with van der Waals surface area (Å²) in [4.78, 5) is 16.7. The van der Waals surface area contributed by atoms with Gasteiger partial charge in [0.05, 0.1) is 23.0 Å². The molecule has 3 aromatic rings. The van der Waals surface area contributed by atoms with Crippen LogP contribution in [0.2, 0.25) is 0 Å². The molecule has 30 heavy (non-hydrogen) atoms. The molecule has 1 aromatic carbocycles. The van der Waals surface area contributed by atoms with Crippen molar-refractivity contribution in [2.45, 2.75) is 65.3 Å². The topological polar surface area (TPSA) is 73.0 Å². The van der Waals surface area contributed by atoms with E-state index in [1.165, 1.54) is 12.3 Å². The fourth-order valence-electron chi connectivity index (χ4n) is 2.99. The molecule has 0 aliphatic carbocycles. The van der Waals surface area contributed by atoms with E-state index in [4.69, 9.17) is 9.52 Å². The minimum atomic E-state index is -0.372. The van der Waals surface area contributed by atoms with Crippen LogP contribution in [0.3, 0.4) is 0 Å². The molecule has 0 saturated heterocycles. The van der Waals surface area contributed by atoms with Crippen LogP contribution in [0.25, 0.3) is 11.3 Å². The van der Waals surface area contributed by atoms with Gasteiger partial charge < -0.3 is 9.73 Å². The Balaban J connectivity index is 1.68. The number of aromatic nitrogens is 3. The second-order valence-corrected chi connectivity index (χ2v) is 9.39. The molecular formula is C23H29FN4O2. The first kappa shape index (κ1) is 21.7. The molecule has 6 nitrogen and oxygen atoms in total. The number of nitrogens with one attached hydrogen (secondary N) is 1. The van der Waals surface area contributed by atoms with Crippen molar-refractivity contribution in [1.29, 1.82) is 0 Å². The Morgan fingerprint density at radius 1 is 1.17 bits per heavy atom. The molecule has 3 rings (SSSR count). The molecule has 1 N–H and O–H groups in total. The normalized spacial score (nSPS) is 12.2. The maximum absolute atomic E-state index is 13.9. The largest absolute Gasteiger partial charge is 0.441 e. The molecule has 0 spiro atoms. The molecule has 0 aliphatic rings. The van der Waals surface area contributed by atoms with Gasteiger partial charge in [0.15, 0.2) is 11.7 Å². The number of aryl methyl sites for hydroxylation is 1. The maximum Gasteiger partial charge on any atom is 0.226 e. The summed E-state index contributed by atoms with van der Waals surface area (Å²) in [6.45, 7) is 12.4. The molecule has 0 atom stereocenters. The van der Waals surface area contributed by atoms with E-state index < -0.39 is 0 Å². The second kappa shape index (κ2) is 8.05. The van der Waals surface area contributed by atoms with E-state index in [1.807, 2.05) is 31.5 Å². The van der Waals surface area contributed by atoms with Gasteiger partial charge in [-0.2, -0.15) is 5.10 Å². The molecule has 7 heteroatoms. The zero-order valence-corrected chi connectivity index (χ0v) is 18.4. The van der Waals surface area contributed by atoms with Crippen LogP contribution in [0.1, 0.15) is 59.5 Å². The minimum absolute atomic E-state index is 0.128. The lowest BCUT2D eigenvalue weighted by molar-refractivity contribution is -0.116. The number of anilines is 1. The second-order valence-electron chi connectivity index (χ2n) is 9.39. The smallest absolute Gasteiger partial charge is 0.226 e. The summed E-state index contributed by atoms with van der Waals surface area (Å²) in [6.07, 6.45) is 1.99. The summed E-state index contributed by atoms with van der Waals surface area (Å²) >= 11 is 0. The van der Waals surface area contributed by atoms with Gasteiger partial charge in [0.25, 0.3) is 0 Å². The molecule has 0 unspecified atom stereocenters. The van der Waals surface area contributed by atoms with Crippen LogP contribution in [0.5, 0.6) is 0 Å². The van der Waals surface area contributed by atoms with E-state index in [1.54, 1.807) is 18.2 Å². The SMILES string of the molecule is CC(C)(C)c1cc(NC(=O)CCc2ncc(-c3ccccc3F)o2)n(C(C)(C)C)n1. The third-order valence-corrected chi connectivity index (χ3v) is 4.64. The van der Waals surface area contributed by atoms with Crippen LogP contribution < -0.4 is 5.32 Å². The van der Waals surface area contributed by atoms with Gasteiger partial charge in [0, 0.05) is 24.3 Å². The zero-order valence-electron chi connectivity index (χ0n) is 18.4. The molecular weight excluding hydrogens is 383 g/mol. The highest BCUT2D eigenvalue weighted by atomic mass is 19.1. The van der Waals surface area contributed by atoms with Crippen molar-refractivity contribution in [1.82, 2.24) is 14.8 Å². The van der Waals surface area contributed by atoms with Crippen LogP contribution >= 0.6 is 0 Å². The van der Waals surface area contributed by atoms with E-state index in [0.717, 1.165) is 5.69 Å². The standard InChI is InChI=1S/C23H29FN4O2/c1-22(2,3)18-13-19(28(27-18)23(4,5)6)26-20(29)11-12-21-25-14-17(30-21)15-9-7-8-10-16(15)24/h7-10,13-14H,11-12H2,1-6H3,(H,26,29).